The molecule has 0 unspecified atom stereocenters. The highest BCUT2D eigenvalue weighted by Gasteiger charge is 2.33. The standard InChI is InChI=1S/C33H36F3N5O5/c1-7-27(33(3,35)36)37-20-14-18(2)28(24(34)16-20)29(42)38-25(31(44)45)15-19-8-10-21(11-9-19)41-30(43)23-17-22(39(4)5)12-13-26(23)40(6)32(41)46/h8-14,16-17,25,27,37H,7,15H2,1-6H3,(H,38,42)(H,44,45)/t25-,27+/m0/s1. The summed E-state index contributed by atoms with van der Waals surface area (Å²) in [5.74, 6) is -6.43. The Kier molecular flexibility index (Phi) is 9.64. The van der Waals surface area contributed by atoms with Gasteiger partial charge in [-0.15, -0.1) is 0 Å². The molecule has 46 heavy (non-hydrogen) atoms. The lowest BCUT2D eigenvalue weighted by molar-refractivity contribution is -0.139. The van der Waals surface area contributed by atoms with Crippen molar-refractivity contribution in [1.82, 2.24) is 14.5 Å². The number of carbonyl (C=O) groups is 2. The van der Waals surface area contributed by atoms with E-state index in [1.165, 1.54) is 41.8 Å². The Hall–Kier alpha value is -5.07. The number of aliphatic carboxylic acids is 1. The molecule has 1 aromatic heterocycles. The van der Waals surface area contributed by atoms with Crippen LogP contribution in [-0.4, -0.2) is 58.2 Å². The first-order valence-corrected chi connectivity index (χ1v) is 14.5. The molecule has 4 rings (SSSR count). The minimum absolute atomic E-state index is 0.0632. The second kappa shape index (κ2) is 13.1. The van der Waals surface area contributed by atoms with E-state index in [1.54, 1.807) is 32.2 Å². The average molecular weight is 640 g/mol. The second-order valence-electron chi connectivity index (χ2n) is 11.5. The lowest BCUT2D eigenvalue weighted by Gasteiger charge is -2.25. The van der Waals surface area contributed by atoms with Crippen LogP contribution in [0.2, 0.25) is 0 Å². The van der Waals surface area contributed by atoms with E-state index in [-0.39, 0.29) is 29.8 Å². The quantitative estimate of drug-likeness (QED) is 0.221. The monoisotopic (exact) mass is 639 g/mol. The molecule has 0 fully saturated rings. The molecular formula is C33H36F3N5O5. The number of carbonyl (C=O) groups excluding carboxylic acids is 1. The van der Waals surface area contributed by atoms with Crippen molar-refractivity contribution < 1.29 is 27.9 Å². The van der Waals surface area contributed by atoms with E-state index in [9.17, 15) is 33.1 Å². The summed E-state index contributed by atoms with van der Waals surface area (Å²) in [7, 11) is 5.23. The number of amides is 1. The number of alkyl halides is 2. The SMILES string of the molecule is CC[C@@H](Nc1cc(C)c(C(=O)N[C@@H](Cc2ccc(-n3c(=O)c4cc(N(C)C)ccc4n(C)c3=O)cc2)C(=O)O)c(F)c1)C(C)(F)F. The minimum Gasteiger partial charge on any atom is -0.480 e. The third kappa shape index (κ3) is 6.93. The molecular weight excluding hydrogens is 603 g/mol. The van der Waals surface area contributed by atoms with Crippen LogP contribution in [0.3, 0.4) is 0 Å². The Bertz CT molecular complexity index is 1890. The molecule has 0 radical (unpaired) electrons. The molecule has 1 heterocycles. The fraction of sp³-hybridized carbons (Fsp3) is 0.333. The number of carboxylic acids is 1. The average Bonchev–Trinajstić information content (AvgIpc) is 2.98. The second-order valence-corrected chi connectivity index (χ2v) is 11.5. The van der Waals surface area contributed by atoms with Gasteiger partial charge < -0.3 is 20.6 Å². The van der Waals surface area contributed by atoms with Crippen LogP contribution in [0, 0.1) is 12.7 Å². The lowest BCUT2D eigenvalue weighted by atomic mass is 10.0. The third-order valence-electron chi connectivity index (χ3n) is 7.88. The van der Waals surface area contributed by atoms with E-state index in [2.05, 4.69) is 10.6 Å². The van der Waals surface area contributed by atoms with Crippen molar-refractivity contribution in [2.75, 3.05) is 24.3 Å². The van der Waals surface area contributed by atoms with Crippen molar-refractivity contribution >= 4 is 34.2 Å². The number of carboxylic acid groups (broad SMARTS) is 1. The maximum atomic E-state index is 15.1. The molecule has 4 aromatic rings. The highest BCUT2D eigenvalue weighted by atomic mass is 19.3. The largest absolute Gasteiger partial charge is 0.480 e. The van der Waals surface area contributed by atoms with Gasteiger partial charge in [-0.25, -0.2) is 27.3 Å². The molecule has 0 saturated heterocycles. The van der Waals surface area contributed by atoms with Gasteiger partial charge in [-0.05, 0) is 66.9 Å². The molecule has 2 atom stereocenters. The van der Waals surface area contributed by atoms with Crippen LogP contribution in [0.15, 0.2) is 64.2 Å². The molecule has 3 aromatic carbocycles. The van der Waals surface area contributed by atoms with Gasteiger partial charge in [0.15, 0.2) is 0 Å². The number of halogens is 3. The highest BCUT2D eigenvalue weighted by Crippen LogP contribution is 2.27. The normalized spacial score (nSPS) is 12.9. The molecule has 0 saturated carbocycles. The summed E-state index contributed by atoms with van der Waals surface area (Å²) in [5, 5.41) is 15.1. The molecule has 3 N–H and O–H groups in total. The Balaban J connectivity index is 1.57. The number of aromatic nitrogens is 2. The summed E-state index contributed by atoms with van der Waals surface area (Å²) in [5.41, 5.74) is 0.672. The number of nitrogens with zero attached hydrogens (tertiary/aromatic N) is 3. The zero-order valence-electron chi connectivity index (χ0n) is 26.3. The van der Waals surface area contributed by atoms with E-state index in [1.807, 2.05) is 19.0 Å². The molecule has 0 aliphatic rings. The van der Waals surface area contributed by atoms with Gasteiger partial charge in [0, 0.05) is 45.9 Å². The van der Waals surface area contributed by atoms with E-state index in [0.717, 1.165) is 23.2 Å². The number of hydrogen-bond donors (Lipinski definition) is 3. The van der Waals surface area contributed by atoms with Gasteiger partial charge >= 0.3 is 11.7 Å². The zero-order chi connectivity index (χ0) is 34.1. The third-order valence-corrected chi connectivity index (χ3v) is 7.88. The first kappa shape index (κ1) is 33.8. The van der Waals surface area contributed by atoms with Crippen molar-refractivity contribution in [1.29, 1.82) is 0 Å². The van der Waals surface area contributed by atoms with Crippen molar-refractivity contribution in [3.8, 4) is 5.69 Å². The molecule has 1 amide bonds. The Labute approximate surface area is 263 Å². The molecule has 0 aliphatic heterocycles. The minimum atomic E-state index is -3.07. The van der Waals surface area contributed by atoms with Gasteiger partial charge in [-0.2, -0.15) is 0 Å². The summed E-state index contributed by atoms with van der Waals surface area (Å²) >= 11 is 0. The first-order chi connectivity index (χ1) is 21.5. The summed E-state index contributed by atoms with van der Waals surface area (Å²) in [6.07, 6.45) is -0.122. The summed E-state index contributed by atoms with van der Waals surface area (Å²) in [6, 6.07) is 10.8. The number of benzene rings is 3. The van der Waals surface area contributed by atoms with Gasteiger partial charge in [0.1, 0.15) is 11.9 Å². The number of anilines is 2. The van der Waals surface area contributed by atoms with Crippen LogP contribution >= 0.6 is 0 Å². The molecule has 244 valence electrons. The Morgan fingerprint density at radius 2 is 1.70 bits per heavy atom. The van der Waals surface area contributed by atoms with Crippen LogP contribution in [0.25, 0.3) is 16.6 Å². The van der Waals surface area contributed by atoms with Crippen LogP contribution in [0.1, 0.15) is 41.8 Å². The number of hydrogen-bond acceptors (Lipinski definition) is 6. The predicted octanol–water partition coefficient (Wildman–Crippen LogP) is 4.47. The lowest BCUT2D eigenvalue weighted by Crippen LogP contribution is -2.43. The number of rotatable bonds is 11. The van der Waals surface area contributed by atoms with Gasteiger partial charge in [0.2, 0.25) is 0 Å². The summed E-state index contributed by atoms with van der Waals surface area (Å²) in [4.78, 5) is 53.5. The van der Waals surface area contributed by atoms with Gasteiger partial charge in [-0.1, -0.05) is 19.1 Å². The van der Waals surface area contributed by atoms with Crippen molar-refractivity contribution in [3.63, 3.8) is 0 Å². The van der Waals surface area contributed by atoms with Gasteiger partial charge in [-0.3, -0.25) is 14.2 Å². The van der Waals surface area contributed by atoms with Gasteiger partial charge in [0.25, 0.3) is 17.4 Å². The topological polar surface area (TPSA) is 126 Å². The molecule has 13 heteroatoms. The van der Waals surface area contributed by atoms with E-state index in [0.29, 0.717) is 16.5 Å². The maximum absolute atomic E-state index is 15.1. The number of aryl methyl sites for hydroxylation is 2. The fourth-order valence-electron chi connectivity index (χ4n) is 5.30. The smallest absolute Gasteiger partial charge is 0.335 e. The van der Waals surface area contributed by atoms with Crippen molar-refractivity contribution in [3.05, 3.63) is 97.9 Å². The van der Waals surface area contributed by atoms with Crippen molar-refractivity contribution in [2.45, 2.75) is 51.6 Å². The van der Waals surface area contributed by atoms with Crippen molar-refractivity contribution in [2.24, 2.45) is 7.05 Å². The van der Waals surface area contributed by atoms with Gasteiger partial charge in [0.05, 0.1) is 28.2 Å². The van der Waals surface area contributed by atoms with Crippen LogP contribution in [0.5, 0.6) is 0 Å². The predicted molar refractivity (Wildman–Crippen MR) is 171 cm³/mol. The Morgan fingerprint density at radius 1 is 1.04 bits per heavy atom. The van der Waals surface area contributed by atoms with E-state index in [4.69, 9.17) is 0 Å². The zero-order valence-corrected chi connectivity index (χ0v) is 26.3. The Morgan fingerprint density at radius 3 is 2.24 bits per heavy atom. The van der Waals surface area contributed by atoms with E-state index < -0.39 is 52.5 Å². The maximum Gasteiger partial charge on any atom is 0.335 e. The highest BCUT2D eigenvalue weighted by molar-refractivity contribution is 5.98. The first-order valence-electron chi connectivity index (χ1n) is 14.5. The fourth-order valence-corrected chi connectivity index (χ4v) is 5.30. The molecule has 10 nitrogen and oxygen atoms in total. The van der Waals surface area contributed by atoms with Crippen LogP contribution < -0.4 is 26.8 Å². The molecule has 0 bridgehead atoms. The summed E-state index contributed by atoms with van der Waals surface area (Å²) in [6.45, 7) is 3.73. The molecule has 0 aliphatic carbocycles. The number of fused-ring (bicyclic) bond motifs is 1. The summed E-state index contributed by atoms with van der Waals surface area (Å²) < 4.78 is 45.1. The van der Waals surface area contributed by atoms with Crippen LogP contribution in [-0.2, 0) is 18.3 Å². The van der Waals surface area contributed by atoms with Crippen LogP contribution in [0.4, 0.5) is 24.5 Å². The molecule has 0 spiro atoms. The van der Waals surface area contributed by atoms with E-state index >= 15 is 4.39 Å². The number of nitrogens with one attached hydrogen (secondary N) is 2.